The predicted molar refractivity (Wildman–Crippen MR) is 149 cm³/mol. The first-order valence-corrected chi connectivity index (χ1v) is 15.9. The van der Waals surface area contributed by atoms with Crippen LogP contribution in [0.4, 0.5) is 13.2 Å². The highest BCUT2D eigenvalue weighted by Crippen LogP contribution is 2.39. The second kappa shape index (κ2) is 12.0. The lowest BCUT2D eigenvalue weighted by molar-refractivity contribution is -0.142. The highest BCUT2D eigenvalue weighted by Gasteiger charge is 2.45. The number of nitrogens with one attached hydrogen (secondary N) is 1. The van der Waals surface area contributed by atoms with Gasteiger partial charge < -0.3 is 10.2 Å². The normalized spacial score (nSPS) is 24.2. The Bertz CT molecular complexity index is 1390. The van der Waals surface area contributed by atoms with Crippen molar-refractivity contribution in [2.24, 2.45) is 5.92 Å². The lowest BCUT2D eigenvalue weighted by Gasteiger charge is -2.44. The predicted octanol–water partition coefficient (Wildman–Crippen LogP) is 4.48. The van der Waals surface area contributed by atoms with Crippen molar-refractivity contribution < 1.29 is 31.2 Å². The molecule has 0 aromatic heterocycles. The Hall–Kier alpha value is -2.48. The fourth-order valence-electron chi connectivity index (χ4n) is 5.84. The first kappa shape index (κ1) is 30.0. The molecule has 3 atom stereocenters. The molecule has 0 spiro atoms. The highest BCUT2D eigenvalue weighted by molar-refractivity contribution is 9.10. The van der Waals surface area contributed by atoms with Crippen LogP contribution in [0.3, 0.4) is 0 Å². The molecule has 8 nitrogen and oxygen atoms in total. The number of alkyl halides is 3. The number of rotatable bonds is 7. The smallest absolute Gasteiger partial charge is 0.350 e. The van der Waals surface area contributed by atoms with E-state index < -0.39 is 33.9 Å². The van der Waals surface area contributed by atoms with Crippen molar-refractivity contribution in [1.29, 1.82) is 0 Å². The van der Waals surface area contributed by atoms with Gasteiger partial charge in [0.15, 0.2) is 0 Å². The average molecular weight is 658 g/mol. The van der Waals surface area contributed by atoms with Gasteiger partial charge >= 0.3 is 6.18 Å². The molecule has 2 aromatic carbocycles. The molecule has 3 aliphatic rings. The van der Waals surface area contributed by atoms with Gasteiger partial charge in [0, 0.05) is 37.2 Å². The van der Waals surface area contributed by atoms with E-state index in [0.717, 1.165) is 28.6 Å². The molecule has 222 valence electrons. The van der Waals surface area contributed by atoms with Gasteiger partial charge in [0.25, 0.3) is 10.2 Å². The molecule has 1 N–H and O–H groups in total. The van der Waals surface area contributed by atoms with Crippen molar-refractivity contribution in [3.05, 3.63) is 69.7 Å². The average Bonchev–Trinajstić information content (AvgIpc) is 3.40. The van der Waals surface area contributed by atoms with Gasteiger partial charge in [-0.1, -0.05) is 40.2 Å². The van der Waals surface area contributed by atoms with Gasteiger partial charge in [-0.2, -0.15) is 30.2 Å². The first-order chi connectivity index (χ1) is 19.4. The van der Waals surface area contributed by atoms with Crippen LogP contribution < -0.4 is 5.32 Å². The summed E-state index contributed by atoms with van der Waals surface area (Å²) in [6, 6.07) is 11.2. The van der Waals surface area contributed by atoms with E-state index in [-0.39, 0.29) is 30.9 Å². The van der Waals surface area contributed by atoms with Crippen LogP contribution in [0.1, 0.15) is 54.8 Å². The molecule has 0 saturated carbocycles. The Kier molecular flexibility index (Phi) is 8.79. The number of carbonyl (C=O) groups is 2. The van der Waals surface area contributed by atoms with Gasteiger partial charge in [-0.15, -0.1) is 0 Å². The third-order valence-electron chi connectivity index (χ3n) is 8.15. The fraction of sp³-hybridized carbons (Fsp3) is 0.500. The van der Waals surface area contributed by atoms with Gasteiger partial charge in [0.1, 0.15) is 6.04 Å². The number of hydrogen-bond acceptors (Lipinski definition) is 4. The van der Waals surface area contributed by atoms with Crippen LogP contribution in [0.25, 0.3) is 0 Å². The molecule has 2 amide bonds. The summed E-state index contributed by atoms with van der Waals surface area (Å²) in [7, 11) is -3.78. The van der Waals surface area contributed by atoms with Crippen LogP contribution in [-0.4, -0.2) is 66.0 Å². The largest absolute Gasteiger partial charge is 0.416 e. The van der Waals surface area contributed by atoms with Crippen LogP contribution in [0.5, 0.6) is 0 Å². The molecular formula is C28H32BrF3N4O4S. The van der Waals surface area contributed by atoms with Gasteiger partial charge in [-0.25, -0.2) is 0 Å². The monoisotopic (exact) mass is 656 g/mol. The summed E-state index contributed by atoms with van der Waals surface area (Å²) in [6.45, 7) is 1.27. The third-order valence-corrected chi connectivity index (χ3v) is 10.7. The Morgan fingerprint density at radius 1 is 0.976 bits per heavy atom. The molecule has 3 saturated heterocycles. The quantitative estimate of drug-likeness (QED) is 0.476. The van der Waals surface area contributed by atoms with E-state index in [2.05, 4.69) is 21.2 Å². The number of amides is 2. The molecule has 41 heavy (non-hydrogen) atoms. The minimum atomic E-state index is -4.43. The van der Waals surface area contributed by atoms with E-state index in [1.807, 2.05) is 24.3 Å². The highest BCUT2D eigenvalue weighted by atomic mass is 79.9. The van der Waals surface area contributed by atoms with Crippen molar-refractivity contribution in [3.63, 3.8) is 0 Å². The third kappa shape index (κ3) is 6.47. The zero-order chi connectivity index (χ0) is 29.4. The second-order valence-corrected chi connectivity index (χ2v) is 13.6. The van der Waals surface area contributed by atoms with E-state index in [0.29, 0.717) is 50.9 Å². The number of likely N-dealkylation sites (tertiary alicyclic amines) is 1. The maximum Gasteiger partial charge on any atom is 0.416 e. The number of hydrogen-bond donors (Lipinski definition) is 1. The van der Waals surface area contributed by atoms with Crippen LogP contribution >= 0.6 is 15.9 Å². The lowest BCUT2D eigenvalue weighted by atomic mass is 9.97. The summed E-state index contributed by atoms with van der Waals surface area (Å²) in [4.78, 5) is 28.1. The van der Waals surface area contributed by atoms with Crippen molar-refractivity contribution in [3.8, 4) is 0 Å². The van der Waals surface area contributed by atoms with Gasteiger partial charge in [-0.05, 0) is 67.5 Å². The molecule has 3 fully saturated rings. The molecular weight excluding hydrogens is 625 g/mol. The summed E-state index contributed by atoms with van der Waals surface area (Å²) >= 11 is 3.45. The number of benzene rings is 2. The molecule has 0 radical (unpaired) electrons. The summed E-state index contributed by atoms with van der Waals surface area (Å²) in [5, 5.41) is 2.74. The van der Waals surface area contributed by atoms with E-state index >= 15 is 0 Å². The standard InChI is InChI=1S/C28H32BrF3N4O4S/c29-23-6-1-4-20(16-23)24-12-15-36(24)41(39,40)34-13-2-5-21(18-34)27(38)35-14-3-7-25(35)26(37)33-17-19-8-10-22(11-9-19)28(30,31)32/h1,4,6,8-11,16,21,24-25H,2-3,5,7,12-15,17-18H2,(H,33,37)/t21-,24-,25+/m0/s1. The number of nitrogens with zero attached hydrogens (tertiary/aromatic N) is 3. The molecule has 5 rings (SSSR count). The van der Waals surface area contributed by atoms with Crippen molar-refractivity contribution in [2.45, 2.75) is 56.9 Å². The summed E-state index contributed by atoms with van der Waals surface area (Å²) in [6.07, 6.45) is -1.51. The Morgan fingerprint density at radius 2 is 1.71 bits per heavy atom. The molecule has 0 aliphatic carbocycles. The van der Waals surface area contributed by atoms with Crippen LogP contribution in [0, 0.1) is 5.92 Å². The van der Waals surface area contributed by atoms with Gasteiger partial charge in [0.2, 0.25) is 11.8 Å². The van der Waals surface area contributed by atoms with Crippen molar-refractivity contribution in [2.75, 3.05) is 26.2 Å². The molecule has 2 aromatic rings. The topological polar surface area (TPSA) is 90.0 Å². The van der Waals surface area contributed by atoms with E-state index in [4.69, 9.17) is 0 Å². The molecule has 0 bridgehead atoms. The van der Waals surface area contributed by atoms with Gasteiger partial charge in [0.05, 0.1) is 17.5 Å². The summed E-state index contributed by atoms with van der Waals surface area (Å²) in [5.74, 6) is -1.15. The first-order valence-electron chi connectivity index (χ1n) is 13.7. The van der Waals surface area contributed by atoms with Crippen LogP contribution in [-0.2, 0) is 32.5 Å². The van der Waals surface area contributed by atoms with Crippen molar-refractivity contribution >= 4 is 38.0 Å². The minimum absolute atomic E-state index is 0.0416. The summed E-state index contributed by atoms with van der Waals surface area (Å²) in [5.41, 5.74) is 0.671. The second-order valence-electron chi connectivity index (χ2n) is 10.8. The van der Waals surface area contributed by atoms with Crippen LogP contribution in [0.15, 0.2) is 53.0 Å². The maximum absolute atomic E-state index is 13.6. The number of carbonyl (C=O) groups excluding carboxylic acids is 2. The lowest BCUT2D eigenvalue weighted by Crippen LogP contribution is -2.56. The molecule has 3 heterocycles. The Labute approximate surface area is 246 Å². The van der Waals surface area contributed by atoms with Crippen molar-refractivity contribution in [1.82, 2.24) is 18.8 Å². The number of halogens is 4. The van der Waals surface area contributed by atoms with E-state index in [1.54, 1.807) is 0 Å². The fourth-order valence-corrected chi connectivity index (χ4v) is 8.17. The summed E-state index contributed by atoms with van der Waals surface area (Å²) < 4.78 is 69.4. The Morgan fingerprint density at radius 3 is 2.37 bits per heavy atom. The SMILES string of the molecule is O=C(NCc1ccc(C(F)(F)F)cc1)[C@H]1CCCN1C(=O)[C@H]1CCCN(S(=O)(=O)N2CC[C@H]2c2cccc(Br)c2)C1. The maximum atomic E-state index is 13.6. The zero-order valence-electron chi connectivity index (χ0n) is 22.3. The van der Waals surface area contributed by atoms with Crippen LogP contribution in [0.2, 0.25) is 0 Å². The minimum Gasteiger partial charge on any atom is -0.350 e. The number of piperidine rings is 1. The molecule has 13 heteroatoms. The molecule has 0 unspecified atom stereocenters. The Balaban J connectivity index is 1.20. The molecule has 3 aliphatic heterocycles. The van der Waals surface area contributed by atoms with E-state index in [9.17, 15) is 31.2 Å². The zero-order valence-corrected chi connectivity index (χ0v) is 24.7. The van der Waals surface area contributed by atoms with Gasteiger partial charge in [-0.3, -0.25) is 9.59 Å². The van der Waals surface area contributed by atoms with E-state index in [1.165, 1.54) is 25.6 Å².